The number of sulfonamides is 1. The Morgan fingerprint density at radius 3 is 2.45 bits per heavy atom. The molecule has 1 unspecified atom stereocenters. The fourth-order valence-corrected chi connectivity index (χ4v) is 2.41. The van der Waals surface area contributed by atoms with E-state index in [2.05, 4.69) is 9.46 Å². The van der Waals surface area contributed by atoms with Crippen LogP contribution in [0.3, 0.4) is 0 Å². The van der Waals surface area contributed by atoms with E-state index in [1.54, 1.807) is 0 Å². The molecule has 0 aromatic heterocycles. The number of carbonyl (C=O) groups excluding carboxylic acids is 1. The molecule has 2 N–H and O–H groups in total. The quantitative estimate of drug-likeness (QED) is 0.682. The number of carbonyl (C=O) groups is 1. The van der Waals surface area contributed by atoms with Gasteiger partial charge in [0.15, 0.2) is 6.10 Å². The maximum atomic E-state index is 11.9. The Bertz CT molecular complexity index is 540. The Balaban J connectivity index is 2.71. The van der Waals surface area contributed by atoms with Gasteiger partial charge in [0.25, 0.3) is 0 Å². The average molecular weight is 303 g/mol. The van der Waals surface area contributed by atoms with Gasteiger partial charge in [-0.15, -0.1) is 0 Å². The Kier molecular flexibility index (Phi) is 5.93. The van der Waals surface area contributed by atoms with Crippen molar-refractivity contribution in [3.63, 3.8) is 0 Å². The third-order valence-electron chi connectivity index (χ3n) is 2.39. The molecule has 0 radical (unpaired) electrons. The highest BCUT2D eigenvalue weighted by Gasteiger charge is 2.20. The van der Waals surface area contributed by atoms with Crippen molar-refractivity contribution in [1.82, 2.24) is 4.72 Å². The minimum atomic E-state index is -3.80. The highest BCUT2D eigenvalue weighted by molar-refractivity contribution is 7.89. The van der Waals surface area contributed by atoms with Gasteiger partial charge in [0, 0.05) is 6.54 Å². The van der Waals surface area contributed by atoms with E-state index in [9.17, 15) is 18.3 Å². The molecule has 0 aliphatic heterocycles. The third kappa shape index (κ3) is 4.48. The predicted molar refractivity (Wildman–Crippen MR) is 70.8 cm³/mol. The maximum absolute atomic E-state index is 11.9. The summed E-state index contributed by atoms with van der Waals surface area (Å²) in [5.74, 6) is -0.347. The number of aliphatic hydroxyl groups is 1. The number of nitrogens with one attached hydrogen (secondary N) is 1. The monoisotopic (exact) mass is 303 g/mol. The maximum Gasteiger partial charge on any atom is 0.336 e. The molecule has 0 fully saturated rings. The minimum Gasteiger partial charge on any atom is -0.494 e. The zero-order valence-electron chi connectivity index (χ0n) is 11.2. The molecule has 1 aromatic carbocycles. The minimum absolute atomic E-state index is 0.0121. The number of benzene rings is 1. The number of aliphatic hydroxyl groups excluding tert-OH is 1. The van der Waals surface area contributed by atoms with E-state index < -0.39 is 28.6 Å². The van der Waals surface area contributed by atoms with Crippen LogP contribution in [-0.2, 0) is 19.6 Å². The van der Waals surface area contributed by atoms with Gasteiger partial charge in [-0.2, -0.15) is 0 Å². The van der Waals surface area contributed by atoms with Crippen molar-refractivity contribution in [3.05, 3.63) is 24.3 Å². The molecule has 0 saturated carbocycles. The number of hydrogen-bond acceptors (Lipinski definition) is 6. The van der Waals surface area contributed by atoms with Crippen LogP contribution in [0.1, 0.15) is 6.92 Å². The van der Waals surface area contributed by atoms with Crippen LogP contribution >= 0.6 is 0 Å². The number of ether oxygens (including phenoxy) is 2. The first-order valence-electron chi connectivity index (χ1n) is 5.89. The summed E-state index contributed by atoms with van der Waals surface area (Å²) in [6, 6.07) is 5.79. The van der Waals surface area contributed by atoms with Crippen LogP contribution < -0.4 is 9.46 Å². The molecule has 112 valence electrons. The molecular formula is C12H17NO6S. The van der Waals surface area contributed by atoms with Gasteiger partial charge in [-0.3, -0.25) is 0 Å². The first-order valence-corrected chi connectivity index (χ1v) is 7.37. The molecule has 0 spiro atoms. The lowest BCUT2D eigenvalue weighted by atomic mass is 10.3. The van der Waals surface area contributed by atoms with Crippen molar-refractivity contribution >= 4 is 16.0 Å². The SMILES string of the molecule is CCOc1ccc(S(=O)(=O)NCC(O)C(=O)OC)cc1. The van der Waals surface area contributed by atoms with Crippen molar-refractivity contribution in [3.8, 4) is 5.75 Å². The van der Waals surface area contributed by atoms with Crippen molar-refractivity contribution < 1.29 is 27.8 Å². The van der Waals surface area contributed by atoms with Gasteiger partial charge < -0.3 is 14.6 Å². The van der Waals surface area contributed by atoms with Crippen molar-refractivity contribution in [2.24, 2.45) is 0 Å². The molecule has 20 heavy (non-hydrogen) atoms. The first kappa shape index (κ1) is 16.4. The molecule has 0 bridgehead atoms. The normalized spacial score (nSPS) is 12.8. The standard InChI is InChI=1S/C12H17NO6S/c1-3-19-9-4-6-10(7-5-9)20(16,17)13-8-11(14)12(15)18-2/h4-7,11,13-14H,3,8H2,1-2H3. The van der Waals surface area contributed by atoms with E-state index in [1.807, 2.05) is 6.92 Å². The van der Waals surface area contributed by atoms with Gasteiger partial charge in [0.2, 0.25) is 10.0 Å². The Morgan fingerprint density at radius 2 is 1.95 bits per heavy atom. The lowest BCUT2D eigenvalue weighted by Gasteiger charge is -2.11. The Morgan fingerprint density at radius 1 is 1.35 bits per heavy atom. The van der Waals surface area contributed by atoms with Crippen molar-refractivity contribution in [2.75, 3.05) is 20.3 Å². The lowest BCUT2D eigenvalue weighted by molar-refractivity contribution is -0.149. The summed E-state index contributed by atoms with van der Waals surface area (Å²) in [4.78, 5) is 11.0. The second-order valence-electron chi connectivity index (χ2n) is 3.80. The van der Waals surface area contributed by atoms with E-state index in [4.69, 9.17) is 4.74 Å². The van der Waals surface area contributed by atoms with E-state index in [0.29, 0.717) is 12.4 Å². The zero-order chi connectivity index (χ0) is 15.2. The summed E-state index contributed by atoms with van der Waals surface area (Å²) in [6.07, 6.45) is -1.54. The fraction of sp³-hybridized carbons (Fsp3) is 0.417. The van der Waals surface area contributed by atoms with E-state index in [1.165, 1.54) is 24.3 Å². The highest BCUT2D eigenvalue weighted by atomic mass is 32.2. The van der Waals surface area contributed by atoms with E-state index in [0.717, 1.165) is 7.11 Å². The molecule has 0 heterocycles. The van der Waals surface area contributed by atoms with Gasteiger partial charge in [0.05, 0.1) is 18.6 Å². The van der Waals surface area contributed by atoms with Gasteiger partial charge >= 0.3 is 5.97 Å². The van der Waals surface area contributed by atoms with Crippen molar-refractivity contribution in [1.29, 1.82) is 0 Å². The molecule has 0 aliphatic carbocycles. The van der Waals surface area contributed by atoms with Crippen LogP contribution in [0, 0.1) is 0 Å². The van der Waals surface area contributed by atoms with E-state index >= 15 is 0 Å². The topological polar surface area (TPSA) is 102 Å². The van der Waals surface area contributed by atoms with Crippen LogP contribution in [0.5, 0.6) is 5.75 Å². The average Bonchev–Trinajstić information content (AvgIpc) is 2.45. The molecule has 8 heteroatoms. The summed E-state index contributed by atoms with van der Waals surface area (Å²) in [5, 5.41) is 9.32. The van der Waals surface area contributed by atoms with Gasteiger partial charge in [0.1, 0.15) is 5.75 Å². The van der Waals surface area contributed by atoms with Gasteiger partial charge in [-0.1, -0.05) is 0 Å². The highest BCUT2D eigenvalue weighted by Crippen LogP contribution is 2.15. The van der Waals surface area contributed by atoms with Crippen LogP contribution in [0.2, 0.25) is 0 Å². The van der Waals surface area contributed by atoms with Gasteiger partial charge in [-0.05, 0) is 31.2 Å². The van der Waals surface area contributed by atoms with Crippen LogP contribution in [0.4, 0.5) is 0 Å². The fourth-order valence-electron chi connectivity index (χ4n) is 1.37. The molecule has 0 aliphatic rings. The Labute approximate surface area is 117 Å². The van der Waals surface area contributed by atoms with Crippen LogP contribution in [0.25, 0.3) is 0 Å². The lowest BCUT2D eigenvalue weighted by Crippen LogP contribution is -2.37. The number of methoxy groups -OCH3 is 1. The molecule has 0 amide bonds. The summed E-state index contributed by atoms with van der Waals surface area (Å²) in [6.45, 7) is 1.85. The third-order valence-corrected chi connectivity index (χ3v) is 3.82. The second kappa shape index (κ2) is 7.22. The Hall–Kier alpha value is -1.64. The zero-order valence-corrected chi connectivity index (χ0v) is 12.0. The first-order chi connectivity index (χ1) is 9.40. The number of rotatable bonds is 7. The second-order valence-corrected chi connectivity index (χ2v) is 5.56. The molecule has 1 aromatic rings. The summed E-state index contributed by atoms with van der Waals surface area (Å²) in [7, 11) is -2.70. The molecular weight excluding hydrogens is 286 g/mol. The molecule has 1 rings (SSSR count). The summed E-state index contributed by atoms with van der Waals surface area (Å²) in [5.41, 5.74) is 0. The molecule has 7 nitrogen and oxygen atoms in total. The van der Waals surface area contributed by atoms with Crippen LogP contribution in [0.15, 0.2) is 29.2 Å². The summed E-state index contributed by atoms with van der Waals surface area (Å²) < 4.78 is 35.4. The number of hydrogen-bond donors (Lipinski definition) is 2. The van der Waals surface area contributed by atoms with E-state index in [-0.39, 0.29) is 4.90 Å². The van der Waals surface area contributed by atoms with Gasteiger partial charge in [-0.25, -0.2) is 17.9 Å². The summed E-state index contributed by atoms with van der Waals surface area (Å²) >= 11 is 0. The molecule has 1 atom stereocenters. The smallest absolute Gasteiger partial charge is 0.336 e. The number of esters is 1. The predicted octanol–water partition coefficient (Wildman–Crippen LogP) is -0.103. The van der Waals surface area contributed by atoms with Crippen molar-refractivity contribution in [2.45, 2.75) is 17.9 Å². The molecule has 0 saturated heterocycles. The van der Waals surface area contributed by atoms with Crippen LogP contribution in [-0.4, -0.2) is 45.9 Å². The largest absolute Gasteiger partial charge is 0.494 e.